The lowest BCUT2D eigenvalue weighted by Gasteiger charge is -2.17. The van der Waals surface area contributed by atoms with Crippen LogP contribution in [0.5, 0.6) is 0 Å². The Labute approximate surface area is 136 Å². The third-order valence-electron chi connectivity index (χ3n) is 2.82. The molecule has 1 unspecified atom stereocenters. The van der Waals surface area contributed by atoms with Crippen LogP contribution in [0.25, 0.3) is 0 Å². The lowest BCUT2D eigenvalue weighted by atomic mass is 9.95. The third kappa shape index (κ3) is 5.56. The minimum absolute atomic E-state index is 0.107. The highest BCUT2D eigenvalue weighted by molar-refractivity contribution is 6.31. The molecule has 1 aromatic rings. The molecule has 5 nitrogen and oxygen atoms in total. The summed E-state index contributed by atoms with van der Waals surface area (Å²) in [6, 6.07) is 0.715. The summed E-state index contributed by atoms with van der Waals surface area (Å²) in [6.07, 6.45) is 5.15. The van der Waals surface area contributed by atoms with Gasteiger partial charge in [-0.2, -0.15) is 0 Å². The highest BCUT2D eigenvalue weighted by Crippen LogP contribution is 2.16. The van der Waals surface area contributed by atoms with Gasteiger partial charge in [-0.1, -0.05) is 44.5 Å². The predicted molar refractivity (Wildman–Crippen MR) is 86.9 cm³/mol. The van der Waals surface area contributed by atoms with Crippen LogP contribution in [0.15, 0.2) is 24.4 Å². The van der Waals surface area contributed by atoms with Crippen molar-refractivity contribution in [1.29, 1.82) is 0 Å². The minimum atomic E-state index is -0.833. The smallest absolute Gasteiger partial charge is 0.332 e. The van der Waals surface area contributed by atoms with E-state index in [4.69, 9.17) is 16.3 Å². The van der Waals surface area contributed by atoms with Crippen molar-refractivity contribution in [3.63, 3.8) is 0 Å². The Kier molecular flexibility index (Phi) is 6.23. The number of carbonyl (C=O) groups is 2. The molecule has 1 heterocycles. The standard InChI is InChI=1S/C16H23ClN2O3/c1-6-22-15(21)12(7-8-16(2,3)4)18-14(20)13-9-11(17)10-19(13)5/h7-10,12H,6H2,1-5H3,(H,18,20)/b8-7+. The van der Waals surface area contributed by atoms with Crippen molar-refractivity contribution in [3.05, 3.63) is 35.1 Å². The van der Waals surface area contributed by atoms with E-state index >= 15 is 0 Å². The zero-order valence-corrected chi connectivity index (χ0v) is 14.4. The van der Waals surface area contributed by atoms with E-state index in [9.17, 15) is 9.59 Å². The van der Waals surface area contributed by atoms with E-state index < -0.39 is 12.0 Å². The molecule has 1 atom stereocenters. The molecule has 1 aromatic heterocycles. The first-order valence-electron chi connectivity index (χ1n) is 7.12. The summed E-state index contributed by atoms with van der Waals surface area (Å²) >= 11 is 5.87. The number of aryl methyl sites for hydroxylation is 1. The second-order valence-corrected chi connectivity index (χ2v) is 6.52. The number of amides is 1. The quantitative estimate of drug-likeness (QED) is 0.668. The van der Waals surface area contributed by atoms with E-state index in [0.717, 1.165) is 0 Å². The fraction of sp³-hybridized carbons (Fsp3) is 0.500. The molecule has 22 heavy (non-hydrogen) atoms. The molecule has 0 aliphatic rings. The highest BCUT2D eigenvalue weighted by Gasteiger charge is 2.22. The lowest BCUT2D eigenvalue weighted by molar-refractivity contribution is -0.144. The maximum Gasteiger partial charge on any atom is 0.332 e. The fourth-order valence-electron chi connectivity index (χ4n) is 1.77. The predicted octanol–water partition coefficient (Wildman–Crippen LogP) is 2.94. The van der Waals surface area contributed by atoms with Gasteiger partial charge in [-0.25, -0.2) is 4.79 Å². The molecule has 6 heteroatoms. The summed E-state index contributed by atoms with van der Waals surface area (Å²) in [6.45, 7) is 7.99. The van der Waals surface area contributed by atoms with Gasteiger partial charge in [0.1, 0.15) is 11.7 Å². The Morgan fingerprint density at radius 3 is 2.55 bits per heavy atom. The van der Waals surface area contributed by atoms with Crippen molar-refractivity contribution < 1.29 is 14.3 Å². The Hall–Kier alpha value is -1.75. The lowest BCUT2D eigenvalue weighted by Crippen LogP contribution is -2.41. The topological polar surface area (TPSA) is 60.3 Å². The number of halogens is 1. The first-order chi connectivity index (χ1) is 10.1. The molecule has 122 valence electrons. The molecule has 0 saturated carbocycles. The van der Waals surface area contributed by atoms with Crippen LogP contribution in [0.1, 0.15) is 38.2 Å². The maximum atomic E-state index is 12.3. The molecule has 1 amide bonds. The van der Waals surface area contributed by atoms with Gasteiger partial charge >= 0.3 is 5.97 Å². The molecule has 0 radical (unpaired) electrons. The van der Waals surface area contributed by atoms with Crippen LogP contribution in [0, 0.1) is 5.41 Å². The van der Waals surface area contributed by atoms with Crippen molar-refractivity contribution in [2.75, 3.05) is 6.61 Å². The van der Waals surface area contributed by atoms with E-state index in [1.165, 1.54) is 0 Å². The number of hydrogen-bond donors (Lipinski definition) is 1. The fourth-order valence-corrected chi connectivity index (χ4v) is 2.02. The molecule has 0 saturated heterocycles. The van der Waals surface area contributed by atoms with Crippen LogP contribution in [0.4, 0.5) is 0 Å². The first kappa shape index (κ1) is 18.3. The summed E-state index contributed by atoms with van der Waals surface area (Å²) in [7, 11) is 1.71. The van der Waals surface area contributed by atoms with Crippen LogP contribution in [0.3, 0.4) is 0 Å². The summed E-state index contributed by atoms with van der Waals surface area (Å²) in [5.41, 5.74) is 0.271. The molecule has 0 aliphatic carbocycles. The van der Waals surface area contributed by atoms with E-state index in [-0.39, 0.29) is 17.9 Å². The normalized spacial score (nSPS) is 13.2. The van der Waals surface area contributed by atoms with Gasteiger partial charge in [0.15, 0.2) is 0 Å². The van der Waals surface area contributed by atoms with Gasteiger partial charge in [-0.3, -0.25) is 4.79 Å². The molecule has 0 spiro atoms. The number of esters is 1. The summed E-state index contributed by atoms with van der Waals surface area (Å²) in [4.78, 5) is 24.3. The number of rotatable bonds is 5. The Bertz CT molecular complexity index is 570. The zero-order valence-electron chi connectivity index (χ0n) is 13.6. The molecule has 0 aliphatic heterocycles. The molecular formula is C16H23ClN2O3. The van der Waals surface area contributed by atoms with Crippen molar-refractivity contribution in [3.8, 4) is 0 Å². The molecule has 1 N–H and O–H groups in total. The maximum absolute atomic E-state index is 12.3. The first-order valence-corrected chi connectivity index (χ1v) is 7.50. The molecule has 0 bridgehead atoms. The summed E-state index contributed by atoms with van der Waals surface area (Å²) in [5.74, 6) is -0.873. The van der Waals surface area contributed by atoms with Gasteiger partial charge in [0.2, 0.25) is 0 Å². The van der Waals surface area contributed by atoms with Crippen LogP contribution >= 0.6 is 11.6 Å². The van der Waals surface area contributed by atoms with Crippen LogP contribution in [0.2, 0.25) is 5.02 Å². The summed E-state index contributed by atoms with van der Waals surface area (Å²) < 4.78 is 6.61. The van der Waals surface area contributed by atoms with Crippen molar-refractivity contribution >= 4 is 23.5 Å². The average Bonchev–Trinajstić information content (AvgIpc) is 2.72. The number of ether oxygens (including phenoxy) is 1. The van der Waals surface area contributed by atoms with Gasteiger partial charge in [-0.05, 0) is 18.4 Å². The zero-order chi connectivity index (χ0) is 16.9. The SMILES string of the molecule is CCOC(=O)C(/C=C/C(C)(C)C)NC(=O)c1cc(Cl)cn1C. The second-order valence-electron chi connectivity index (χ2n) is 6.08. The number of hydrogen-bond acceptors (Lipinski definition) is 3. The average molecular weight is 327 g/mol. The van der Waals surface area contributed by atoms with Crippen molar-refractivity contribution in [1.82, 2.24) is 9.88 Å². The Balaban J connectivity index is 2.92. The van der Waals surface area contributed by atoms with E-state index in [1.807, 2.05) is 26.8 Å². The van der Waals surface area contributed by atoms with Crippen LogP contribution in [-0.2, 0) is 16.6 Å². The van der Waals surface area contributed by atoms with Crippen LogP contribution in [-0.4, -0.2) is 29.1 Å². The van der Waals surface area contributed by atoms with Gasteiger partial charge in [-0.15, -0.1) is 0 Å². The number of aromatic nitrogens is 1. The van der Waals surface area contributed by atoms with Gasteiger partial charge in [0.05, 0.1) is 11.6 Å². The number of nitrogens with one attached hydrogen (secondary N) is 1. The van der Waals surface area contributed by atoms with Crippen LogP contribution < -0.4 is 5.32 Å². The molecular weight excluding hydrogens is 304 g/mol. The third-order valence-corrected chi connectivity index (χ3v) is 3.03. The second kappa shape index (κ2) is 7.49. The van der Waals surface area contributed by atoms with Gasteiger partial charge < -0.3 is 14.6 Å². The number of nitrogens with zero attached hydrogens (tertiary/aromatic N) is 1. The van der Waals surface area contributed by atoms with Crippen molar-refractivity contribution in [2.45, 2.75) is 33.7 Å². The number of allylic oxidation sites excluding steroid dienone is 1. The Morgan fingerprint density at radius 1 is 1.45 bits per heavy atom. The largest absolute Gasteiger partial charge is 0.464 e. The monoisotopic (exact) mass is 326 g/mol. The van der Waals surface area contributed by atoms with E-state index in [0.29, 0.717) is 10.7 Å². The van der Waals surface area contributed by atoms with Gasteiger partial charge in [0, 0.05) is 13.2 Å². The van der Waals surface area contributed by atoms with E-state index in [1.54, 1.807) is 36.9 Å². The van der Waals surface area contributed by atoms with Crippen molar-refractivity contribution in [2.24, 2.45) is 12.5 Å². The number of carbonyl (C=O) groups excluding carboxylic acids is 2. The summed E-state index contributed by atoms with van der Waals surface area (Å²) in [5, 5.41) is 3.13. The highest BCUT2D eigenvalue weighted by atomic mass is 35.5. The molecule has 0 fully saturated rings. The molecule has 1 rings (SSSR count). The minimum Gasteiger partial charge on any atom is -0.464 e. The van der Waals surface area contributed by atoms with Gasteiger partial charge in [0.25, 0.3) is 5.91 Å². The molecule has 0 aromatic carbocycles. The Morgan fingerprint density at radius 2 is 2.09 bits per heavy atom. The van der Waals surface area contributed by atoms with E-state index in [2.05, 4.69) is 5.32 Å².